The third kappa shape index (κ3) is 7.45. The molecule has 0 bridgehead atoms. The van der Waals surface area contributed by atoms with Gasteiger partial charge >= 0.3 is 6.09 Å². The van der Waals surface area contributed by atoms with E-state index < -0.39 is 11.5 Å². The first-order chi connectivity index (χ1) is 17.4. The molecule has 2 aromatic carbocycles. The minimum atomic E-state index is -0.956. The summed E-state index contributed by atoms with van der Waals surface area (Å²) >= 11 is 6.24. The van der Waals surface area contributed by atoms with Gasteiger partial charge in [-0.2, -0.15) is 0 Å². The molecule has 194 valence electrons. The van der Waals surface area contributed by atoms with E-state index in [1.165, 1.54) is 0 Å². The lowest BCUT2D eigenvalue weighted by Gasteiger charge is -2.40. The van der Waals surface area contributed by atoms with Crippen LogP contribution in [0.15, 0.2) is 48.5 Å². The fraction of sp³-hybridized carbons (Fsp3) is 0.444. The predicted molar refractivity (Wildman–Crippen MR) is 139 cm³/mol. The normalized spacial score (nSPS) is 14.7. The molecular formula is C27H34ClN3O5. The Morgan fingerprint density at radius 1 is 1.06 bits per heavy atom. The number of hydrogen-bond donors (Lipinski definition) is 2. The molecule has 0 spiro atoms. The van der Waals surface area contributed by atoms with Crippen LogP contribution >= 0.6 is 11.6 Å². The zero-order chi connectivity index (χ0) is 26.0. The summed E-state index contributed by atoms with van der Waals surface area (Å²) in [6.45, 7) is 3.36. The average molecular weight is 516 g/mol. The lowest BCUT2D eigenvalue weighted by atomic mass is 9.78. The number of hydrogen-bond acceptors (Lipinski definition) is 5. The molecule has 0 unspecified atom stereocenters. The SMILES string of the molecule is CCc1ccc(NC(=O)OCC2(C(=O)NCc3ccccc3Cl)CCN(C(=O)CCOC)CC2)cc1. The molecule has 2 N–H and O–H groups in total. The van der Waals surface area contributed by atoms with Gasteiger partial charge in [0.1, 0.15) is 6.61 Å². The zero-order valence-electron chi connectivity index (χ0n) is 20.8. The Labute approximate surface area is 217 Å². The number of anilines is 1. The number of amides is 3. The topological polar surface area (TPSA) is 97.0 Å². The average Bonchev–Trinajstić information content (AvgIpc) is 2.90. The number of methoxy groups -OCH3 is 1. The second-order valence-corrected chi connectivity index (χ2v) is 9.34. The fourth-order valence-electron chi connectivity index (χ4n) is 4.15. The van der Waals surface area contributed by atoms with Crippen molar-refractivity contribution in [3.8, 4) is 0 Å². The van der Waals surface area contributed by atoms with Crippen LogP contribution in [0.5, 0.6) is 0 Å². The molecule has 1 aliphatic rings. The van der Waals surface area contributed by atoms with Gasteiger partial charge in [-0.15, -0.1) is 0 Å². The second-order valence-electron chi connectivity index (χ2n) is 8.93. The molecule has 1 fully saturated rings. The van der Waals surface area contributed by atoms with Gasteiger partial charge in [-0.25, -0.2) is 4.79 Å². The Hall–Kier alpha value is -3.10. The first kappa shape index (κ1) is 27.5. The Kier molecular flexibility index (Phi) is 10.1. The largest absolute Gasteiger partial charge is 0.448 e. The van der Waals surface area contributed by atoms with Crippen molar-refractivity contribution in [2.24, 2.45) is 5.41 Å². The summed E-state index contributed by atoms with van der Waals surface area (Å²) in [7, 11) is 1.55. The van der Waals surface area contributed by atoms with Gasteiger partial charge in [-0.3, -0.25) is 14.9 Å². The Morgan fingerprint density at radius 3 is 2.39 bits per heavy atom. The van der Waals surface area contributed by atoms with Crippen molar-refractivity contribution in [2.45, 2.75) is 39.2 Å². The maximum atomic E-state index is 13.4. The van der Waals surface area contributed by atoms with Crippen LogP contribution in [0.4, 0.5) is 10.5 Å². The van der Waals surface area contributed by atoms with Gasteiger partial charge < -0.3 is 19.7 Å². The molecule has 2 aromatic rings. The van der Waals surface area contributed by atoms with Gasteiger partial charge in [0.2, 0.25) is 11.8 Å². The van der Waals surface area contributed by atoms with Gasteiger partial charge in [0.25, 0.3) is 0 Å². The molecule has 3 rings (SSSR count). The van der Waals surface area contributed by atoms with Crippen LogP contribution in [0.25, 0.3) is 0 Å². The molecule has 1 saturated heterocycles. The molecule has 0 saturated carbocycles. The van der Waals surface area contributed by atoms with Crippen molar-refractivity contribution < 1.29 is 23.9 Å². The number of nitrogens with one attached hydrogen (secondary N) is 2. The number of benzene rings is 2. The fourth-order valence-corrected chi connectivity index (χ4v) is 4.36. The second kappa shape index (κ2) is 13.3. The molecule has 0 radical (unpaired) electrons. The van der Waals surface area contributed by atoms with Crippen molar-refractivity contribution in [1.29, 1.82) is 0 Å². The van der Waals surface area contributed by atoms with Gasteiger partial charge in [-0.1, -0.05) is 48.9 Å². The van der Waals surface area contributed by atoms with Crippen LogP contribution in [-0.4, -0.2) is 56.2 Å². The highest BCUT2D eigenvalue weighted by molar-refractivity contribution is 6.31. The van der Waals surface area contributed by atoms with E-state index in [4.69, 9.17) is 21.1 Å². The lowest BCUT2D eigenvalue weighted by Crippen LogP contribution is -2.52. The van der Waals surface area contributed by atoms with Gasteiger partial charge in [0.05, 0.1) is 18.4 Å². The van der Waals surface area contributed by atoms with Crippen LogP contribution in [0.2, 0.25) is 5.02 Å². The van der Waals surface area contributed by atoms with Crippen LogP contribution < -0.4 is 10.6 Å². The number of carbonyl (C=O) groups excluding carboxylic acids is 3. The number of piperidine rings is 1. The Morgan fingerprint density at radius 2 is 1.75 bits per heavy atom. The van der Waals surface area contributed by atoms with Crippen molar-refractivity contribution in [3.63, 3.8) is 0 Å². The summed E-state index contributed by atoms with van der Waals surface area (Å²) in [5, 5.41) is 6.24. The maximum absolute atomic E-state index is 13.4. The van der Waals surface area contributed by atoms with E-state index in [0.717, 1.165) is 17.5 Å². The van der Waals surface area contributed by atoms with E-state index in [9.17, 15) is 14.4 Å². The number of nitrogens with zero attached hydrogens (tertiary/aromatic N) is 1. The summed E-state index contributed by atoms with van der Waals surface area (Å²) in [6, 6.07) is 14.8. The number of carbonyl (C=O) groups is 3. The van der Waals surface area contributed by atoms with Crippen molar-refractivity contribution in [2.75, 3.05) is 38.7 Å². The van der Waals surface area contributed by atoms with Gasteiger partial charge in [0, 0.05) is 37.5 Å². The minimum absolute atomic E-state index is 0.0175. The van der Waals surface area contributed by atoms with Crippen LogP contribution in [0.3, 0.4) is 0 Å². The number of halogens is 1. The van der Waals surface area contributed by atoms with Crippen molar-refractivity contribution in [1.82, 2.24) is 10.2 Å². The highest BCUT2D eigenvalue weighted by Crippen LogP contribution is 2.33. The third-order valence-electron chi connectivity index (χ3n) is 6.56. The smallest absolute Gasteiger partial charge is 0.411 e. The number of likely N-dealkylation sites (tertiary alicyclic amines) is 1. The molecule has 9 heteroatoms. The Balaban J connectivity index is 1.65. The summed E-state index contributed by atoms with van der Waals surface area (Å²) in [5.41, 5.74) is 1.62. The Bertz CT molecular complexity index is 1040. The molecule has 1 aliphatic heterocycles. The lowest BCUT2D eigenvalue weighted by molar-refractivity contribution is -0.143. The summed E-state index contributed by atoms with van der Waals surface area (Å²) in [4.78, 5) is 40.1. The molecular weight excluding hydrogens is 482 g/mol. The molecule has 36 heavy (non-hydrogen) atoms. The molecule has 0 aromatic heterocycles. The van der Waals surface area contributed by atoms with E-state index in [-0.39, 0.29) is 31.4 Å². The minimum Gasteiger partial charge on any atom is -0.448 e. The summed E-state index contributed by atoms with van der Waals surface area (Å²) in [6.07, 6.45) is 1.31. The standard InChI is InChI=1S/C27H34ClN3O5/c1-3-20-8-10-22(11-9-20)30-26(34)36-19-27(13-15-31(16-14-27)24(32)12-17-35-2)25(33)29-18-21-6-4-5-7-23(21)28/h4-11H,3,12-19H2,1-2H3,(H,29,33)(H,30,34). The van der Waals surface area contributed by atoms with E-state index >= 15 is 0 Å². The van der Waals surface area contributed by atoms with Gasteiger partial charge in [0.15, 0.2) is 0 Å². The zero-order valence-corrected chi connectivity index (χ0v) is 21.6. The van der Waals surface area contributed by atoms with Crippen molar-refractivity contribution >= 4 is 35.2 Å². The highest BCUT2D eigenvalue weighted by atomic mass is 35.5. The quantitative estimate of drug-likeness (QED) is 0.488. The van der Waals surface area contributed by atoms with E-state index in [0.29, 0.717) is 43.2 Å². The molecule has 0 atom stereocenters. The van der Waals surface area contributed by atoms with Crippen LogP contribution in [0.1, 0.15) is 37.3 Å². The van der Waals surface area contributed by atoms with Crippen LogP contribution in [-0.2, 0) is 32.0 Å². The highest BCUT2D eigenvalue weighted by Gasteiger charge is 2.43. The number of aryl methyl sites for hydroxylation is 1. The van der Waals surface area contributed by atoms with E-state index in [2.05, 4.69) is 17.6 Å². The first-order valence-corrected chi connectivity index (χ1v) is 12.6. The number of ether oxygens (including phenoxy) is 2. The summed E-state index contributed by atoms with van der Waals surface area (Å²) < 4.78 is 10.5. The van der Waals surface area contributed by atoms with E-state index in [1.54, 1.807) is 18.1 Å². The molecule has 1 heterocycles. The molecule has 3 amide bonds. The first-order valence-electron chi connectivity index (χ1n) is 12.2. The molecule has 8 nitrogen and oxygen atoms in total. The van der Waals surface area contributed by atoms with Crippen molar-refractivity contribution in [3.05, 3.63) is 64.7 Å². The summed E-state index contributed by atoms with van der Waals surface area (Å²) in [5.74, 6) is -0.248. The van der Waals surface area contributed by atoms with Gasteiger partial charge in [-0.05, 0) is 48.6 Å². The predicted octanol–water partition coefficient (Wildman–Crippen LogP) is 4.41. The monoisotopic (exact) mass is 515 g/mol. The molecule has 0 aliphatic carbocycles. The van der Waals surface area contributed by atoms with E-state index in [1.807, 2.05) is 42.5 Å². The maximum Gasteiger partial charge on any atom is 0.411 e. The number of rotatable bonds is 10. The third-order valence-corrected chi connectivity index (χ3v) is 6.93. The van der Waals surface area contributed by atoms with Crippen LogP contribution in [0, 0.1) is 5.41 Å².